The van der Waals surface area contributed by atoms with Gasteiger partial charge in [-0.15, -0.1) is 0 Å². The van der Waals surface area contributed by atoms with Crippen LogP contribution in [0.3, 0.4) is 0 Å². The Morgan fingerprint density at radius 2 is 0.882 bits per heavy atom. The van der Waals surface area contributed by atoms with E-state index in [1.807, 2.05) is 0 Å². The van der Waals surface area contributed by atoms with Gasteiger partial charge in [-0.25, -0.2) is 0 Å². The Balaban J connectivity index is 1.59. The maximum absolute atomic E-state index is 12.7. The second kappa shape index (κ2) is 28.6. The highest BCUT2D eigenvalue weighted by Crippen LogP contribution is 2.37. The molecule has 5 fully saturated rings. The molecule has 29 atom stereocenters. The quantitative estimate of drug-likeness (QED) is 0.0452. The number of aliphatic hydroxyl groups excluding tert-OH is 18. The molecule has 3 amide bonds. The summed E-state index contributed by atoms with van der Waals surface area (Å²) in [6, 6.07) is -5.16. The molecule has 5 aliphatic heterocycles. The lowest BCUT2D eigenvalue weighted by atomic mass is 9.94. The maximum atomic E-state index is 12.7. The summed E-state index contributed by atoms with van der Waals surface area (Å²) >= 11 is 0. The molecule has 5 aliphatic rings. The van der Waals surface area contributed by atoms with Gasteiger partial charge in [0.2, 0.25) is 17.7 Å². The minimum atomic E-state index is -2.41. The van der Waals surface area contributed by atoms with Gasteiger partial charge in [0.1, 0.15) is 140 Å². The minimum Gasteiger partial charge on any atom is -0.394 e. The summed E-state index contributed by atoms with van der Waals surface area (Å²) in [4.78, 5) is 37.0. The lowest BCUT2D eigenvalue weighted by Gasteiger charge is -2.51. The predicted molar refractivity (Wildman–Crippen MR) is 236 cm³/mol. The molecule has 0 aromatic rings. The number of carbonyl (C=O) groups excluding carboxylic acids is 3. The lowest BCUT2D eigenvalue weighted by molar-refractivity contribution is -0.397. The Hall–Kier alpha value is -2.71. The van der Waals surface area contributed by atoms with Gasteiger partial charge in [-0.05, 0) is 0 Å². The summed E-state index contributed by atoms with van der Waals surface area (Å²) in [7, 11) is 0. The molecule has 21 N–H and O–H groups in total. The van der Waals surface area contributed by atoms with Gasteiger partial charge in [0, 0.05) is 20.8 Å². The molecule has 5 heterocycles. The second-order valence-electron chi connectivity index (χ2n) is 18.8. The van der Waals surface area contributed by atoms with E-state index in [-0.39, 0.29) is 0 Å². The molecule has 34 nitrogen and oxygen atoms in total. The fourth-order valence-corrected chi connectivity index (χ4v) is 9.21. The van der Waals surface area contributed by atoms with Gasteiger partial charge in [-0.3, -0.25) is 14.4 Å². The molecular formula is C42H73N3O31. The Labute approximate surface area is 431 Å². The molecule has 442 valence electrons. The summed E-state index contributed by atoms with van der Waals surface area (Å²) in [6.07, 6.45) is -52.2. The Bertz CT molecular complexity index is 1820. The highest BCUT2D eigenvalue weighted by atomic mass is 16.8. The third kappa shape index (κ3) is 14.8. The first kappa shape index (κ1) is 64.1. The van der Waals surface area contributed by atoms with E-state index in [0.717, 1.165) is 20.8 Å². The lowest BCUT2D eigenvalue weighted by Crippen LogP contribution is -2.70. The van der Waals surface area contributed by atoms with Crippen LogP contribution in [0.5, 0.6) is 0 Å². The first-order chi connectivity index (χ1) is 35.9. The van der Waals surface area contributed by atoms with Crippen LogP contribution in [-0.2, 0) is 61.8 Å². The van der Waals surface area contributed by atoms with E-state index in [1.54, 1.807) is 0 Å². The smallest absolute Gasteiger partial charge is 0.217 e. The van der Waals surface area contributed by atoms with E-state index in [0.29, 0.717) is 0 Å². The maximum Gasteiger partial charge on any atom is 0.217 e. The number of hydrogen-bond donors (Lipinski definition) is 21. The van der Waals surface area contributed by atoms with Gasteiger partial charge in [-0.2, -0.15) is 0 Å². The first-order valence-corrected chi connectivity index (χ1v) is 24.0. The van der Waals surface area contributed by atoms with Crippen molar-refractivity contribution in [2.24, 2.45) is 0 Å². The van der Waals surface area contributed by atoms with Crippen molar-refractivity contribution in [1.82, 2.24) is 16.0 Å². The summed E-state index contributed by atoms with van der Waals surface area (Å²) in [6.45, 7) is -4.12. The highest BCUT2D eigenvalue weighted by Gasteiger charge is 2.58. The van der Waals surface area contributed by atoms with E-state index in [4.69, 9.17) is 47.4 Å². The van der Waals surface area contributed by atoms with Gasteiger partial charge < -0.3 is 155 Å². The molecule has 0 aromatic carbocycles. The number of hydrogen-bond acceptors (Lipinski definition) is 31. The zero-order valence-corrected chi connectivity index (χ0v) is 41.0. The molecule has 76 heavy (non-hydrogen) atoms. The molecule has 0 aromatic heterocycles. The zero-order chi connectivity index (χ0) is 56.6. The molecule has 0 spiro atoms. The minimum absolute atomic E-state index is 0.755. The molecule has 0 saturated carbocycles. The van der Waals surface area contributed by atoms with Crippen LogP contribution in [0.15, 0.2) is 0 Å². The van der Waals surface area contributed by atoms with Crippen molar-refractivity contribution in [2.75, 3.05) is 46.2 Å². The molecule has 0 radical (unpaired) electrons. The number of ether oxygens (including phenoxy) is 10. The van der Waals surface area contributed by atoms with Gasteiger partial charge >= 0.3 is 0 Å². The molecule has 5 rings (SSSR count). The monoisotopic (exact) mass is 1120 g/mol. The number of carbonyl (C=O) groups is 3. The SMILES string of the molecule is CC(=O)N[C@@H](CO)[C@@H](O)[C@H](OC1O[C@H](CO)[C@@H](OC2O[C@H](COC3O[C@H](CO)[C@@H](O)[C@H](O)[C@@H]3O)[C@@H](OC3O[C@H](CO)[C@@H](O)[C@H](O)[C@H]3NC(C)=O)[C@H](OC3O[C@H](CO)[C@@H](O)[C@H](O)[C@@H]3O)[C@@H]2O)[C@H](O)[C@H]1NC(C)=O)[C@H](O)CO. The average Bonchev–Trinajstić information content (AvgIpc) is 3.38. The van der Waals surface area contributed by atoms with Crippen LogP contribution in [0, 0.1) is 0 Å². The third-order valence-electron chi connectivity index (χ3n) is 13.3. The average molecular weight is 1120 g/mol. The second-order valence-corrected chi connectivity index (χ2v) is 18.8. The van der Waals surface area contributed by atoms with Crippen molar-refractivity contribution in [3.63, 3.8) is 0 Å². The fourth-order valence-electron chi connectivity index (χ4n) is 9.21. The van der Waals surface area contributed by atoms with E-state index in [2.05, 4.69) is 16.0 Å². The number of rotatable bonds is 23. The largest absolute Gasteiger partial charge is 0.394 e. The molecule has 34 heteroatoms. The van der Waals surface area contributed by atoms with E-state index in [9.17, 15) is 106 Å². The van der Waals surface area contributed by atoms with Crippen LogP contribution in [0.4, 0.5) is 0 Å². The van der Waals surface area contributed by atoms with Gasteiger partial charge in [0.25, 0.3) is 0 Å². The van der Waals surface area contributed by atoms with Crippen LogP contribution in [0.1, 0.15) is 20.8 Å². The molecule has 5 saturated heterocycles. The standard InChI is InChI=1S/C42H73N3O31/c1-11(52)43-14(4-46)23(56)34(15(55)5-47)73-39-22(45-13(3)54)28(61)35(19(9-51)71-39)74-42-33(66)37(76-41-32(65)30(63)26(59)18(8-50)70-41)36(75-38-21(44-12(2)53)27(60)24(57)16(6-48)68-38)20(72-42)10-67-40-31(64)29(62)25(58)17(7-49)69-40/h14-42,46-51,55-66H,4-10H2,1-3H3,(H,43,52)(H,44,53)(H,45,54)/t14-,15+,16+,17+,18+,19+,20+,21+,22+,23+,24+,25+,26+,27+,28+,29-,30-,31-,32-,33-,34+,35+,36+,37+,38?,39?,40?,41?,42?/m0/s1. The van der Waals surface area contributed by atoms with E-state index >= 15 is 0 Å². The number of amides is 3. The van der Waals surface area contributed by atoms with Gasteiger partial charge in [0.15, 0.2) is 31.5 Å². The van der Waals surface area contributed by atoms with Crippen molar-refractivity contribution < 1.29 is 154 Å². The van der Waals surface area contributed by atoms with Crippen LogP contribution in [-0.4, -0.2) is 334 Å². The van der Waals surface area contributed by atoms with Crippen molar-refractivity contribution >= 4 is 17.7 Å². The van der Waals surface area contributed by atoms with Crippen LogP contribution < -0.4 is 16.0 Å². The molecule has 0 aliphatic carbocycles. The normalized spacial score (nSPS) is 43.8. The fraction of sp³-hybridized carbons (Fsp3) is 0.929. The third-order valence-corrected chi connectivity index (χ3v) is 13.3. The topological polar surface area (TPSA) is 544 Å². The Morgan fingerprint density at radius 1 is 0.447 bits per heavy atom. The van der Waals surface area contributed by atoms with Crippen molar-refractivity contribution in [3.8, 4) is 0 Å². The summed E-state index contributed by atoms with van der Waals surface area (Å²) in [5.74, 6) is -2.49. The van der Waals surface area contributed by atoms with Crippen molar-refractivity contribution in [2.45, 2.75) is 199 Å². The highest BCUT2D eigenvalue weighted by molar-refractivity contribution is 5.74. The summed E-state index contributed by atoms with van der Waals surface area (Å²) in [5.41, 5.74) is 0. The van der Waals surface area contributed by atoms with Crippen molar-refractivity contribution in [3.05, 3.63) is 0 Å². The van der Waals surface area contributed by atoms with Crippen molar-refractivity contribution in [1.29, 1.82) is 0 Å². The van der Waals surface area contributed by atoms with Crippen LogP contribution in [0.2, 0.25) is 0 Å². The first-order valence-electron chi connectivity index (χ1n) is 24.0. The predicted octanol–water partition coefficient (Wildman–Crippen LogP) is -14.0. The summed E-state index contributed by atoms with van der Waals surface area (Å²) in [5, 5.41) is 200. The Kier molecular flexibility index (Phi) is 24.1. The van der Waals surface area contributed by atoms with Gasteiger partial charge in [-0.1, -0.05) is 0 Å². The van der Waals surface area contributed by atoms with E-state index < -0.39 is 242 Å². The Morgan fingerprint density at radius 3 is 1.38 bits per heavy atom. The van der Waals surface area contributed by atoms with Crippen LogP contribution >= 0.6 is 0 Å². The summed E-state index contributed by atoms with van der Waals surface area (Å²) < 4.78 is 58.9. The number of nitrogens with one attached hydrogen (secondary N) is 3. The zero-order valence-electron chi connectivity index (χ0n) is 41.0. The van der Waals surface area contributed by atoms with E-state index in [1.165, 1.54) is 0 Å². The molecular weight excluding hydrogens is 1040 g/mol. The van der Waals surface area contributed by atoms with Crippen LogP contribution in [0.25, 0.3) is 0 Å². The molecule has 5 unspecified atom stereocenters. The van der Waals surface area contributed by atoms with Gasteiger partial charge in [0.05, 0.1) is 52.3 Å². The molecule has 0 bridgehead atoms. The number of aliphatic hydroxyl groups is 18.